The molecule has 7 N–H and O–H groups in total. The van der Waals surface area contributed by atoms with Crippen LogP contribution < -0.4 is 10.6 Å². The van der Waals surface area contributed by atoms with E-state index in [4.69, 9.17) is 22.1 Å². The standard InChI is InChI=1S/C20H18N4O6S3.2H2O/c1-2-30-17(28)14(15-16(27)24(9-13(25)26)20(31)33-15)12-10-32-19(22-12)23-18(29)21-8-11-6-4-3-5-7-11;;/h3-7,10H,2,8-9H2,1H3,(H,25,26)(H2,21,22,23,29);2*1H2/b15-14+;;. The fourth-order valence-electron chi connectivity index (χ4n) is 2.70. The molecule has 15 heteroatoms. The van der Waals surface area contributed by atoms with Crippen molar-refractivity contribution in [2.75, 3.05) is 18.5 Å². The lowest BCUT2D eigenvalue weighted by atomic mass is 10.2. The Hall–Kier alpha value is -3.37. The van der Waals surface area contributed by atoms with Gasteiger partial charge < -0.3 is 26.1 Å². The van der Waals surface area contributed by atoms with Crippen LogP contribution in [-0.4, -0.2) is 67.3 Å². The van der Waals surface area contributed by atoms with Gasteiger partial charge in [-0.3, -0.25) is 19.8 Å². The number of amides is 3. The minimum atomic E-state index is -1.24. The van der Waals surface area contributed by atoms with Gasteiger partial charge in [0.2, 0.25) is 0 Å². The summed E-state index contributed by atoms with van der Waals surface area (Å²) < 4.78 is 5.08. The number of nitrogens with zero attached hydrogens (tertiary/aromatic N) is 2. The van der Waals surface area contributed by atoms with Crippen molar-refractivity contribution >= 4 is 74.2 Å². The number of thiocarbonyl (C=S) groups is 1. The summed E-state index contributed by atoms with van der Waals surface area (Å²) in [5.74, 6) is -2.77. The van der Waals surface area contributed by atoms with Crippen molar-refractivity contribution in [3.63, 3.8) is 0 Å². The lowest BCUT2D eigenvalue weighted by molar-refractivity contribution is -0.140. The van der Waals surface area contributed by atoms with Crippen molar-refractivity contribution < 1.29 is 40.0 Å². The van der Waals surface area contributed by atoms with Crippen LogP contribution in [0, 0.1) is 0 Å². The molecule has 1 aromatic heterocycles. The number of hydrogen-bond donors (Lipinski definition) is 3. The summed E-state index contributed by atoms with van der Waals surface area (Å²) in [6.45, 7) is 1.34. The average Bonchev–Trinajstić information content (AvgIpc) is 3.33. The number of ether oxygens (including phenoxy) is 1. The number of benzene rings is 1. The maximum absolute atomic E-state index is 12.8. The van der Waals surface area contributed by atoms with Crippen LogP contribution in [0.15, 0.2) is 40.6 Å². The number of aliphatic carboxylic acids is 1. The van der Waals surface area contributed by atoms with Gasteiger partial charge in [-0.15, -0.1) is 11.3 Å². The molecular formula is C20H22N4O8S3. The molecule has 1 aromatic carbocycles. The van der Waals surface area contributed by atoms with Gasteiger partial charge in [0, 0.05) is 11.9 Å². The number of carbonyl (C=O) groups excluding carboxylic acids is 3. The van der Waals surface area contributed by atoms with Gasteiger partial charge in [0.25, 0.3) is 5.91 Å². The number of urea groups is 1. The van der Waals surface area contributed by atoms with Gasteiger partial charge in [0.05, 0.1) is 17.2 Å². The average molecular weight is 543 g/mol. The van der Waals surface area contributed by atoms with E-state index in [0.717, 1.165) is 33.6 Å². The van der Waals surface area contributed by atoms with E-state index < -0.39 is 30.4 Å². The molecule has 0 aliphatic carbocycles. The van der Waals surface area contributed by atoms with Crippen molar-refractivity contribution in [2.24, 2.45) is 0 Å². The van der Waals surface area contributed by atoms with Crippen molar-refractivity contribution in [1.82, 2.24) is 15.2 Å². The number of anilines is 1. The van der Waals surface area contributed by atoms with Crippen LogP contribution in [0.5, 0.6) is 0 Å². The van der Waals surface area contributed by atoms with Crippen LogP contribution in [0.1, 0.15) is 18.2 Å². The van der Waals surface area contributed by atoms with E-state index >= 15 is 0 Å². The Labute approximate surface area is 213 Å². The number of carboxylic acids is 1. The van der Waals surface area contributed by atoms with Crippen LogP contribution in [0.3, 0.4) is 0 Å². The number of rotatable bonds is 8. The number of aromatic nitrogens is 1. The van der Waals surface area contributed by atoms with E-state index in [1.54, 1.807) is 6.92 Å². The second-order valence-electron chi connectivity index (χ2n) is 6.41. The molecule has 3 amide bonds. The fourth-order valence-corrected chi connectivity index (χ4v) is 4.72. The summed E-state index contributed by atoms with van der Waals surface area (Å²) >= 11 is 6.95. The summed E-state index contributed by atoms with van der Waals surface area (Å²) in [5.41, 5.74) is 0.879. The topological polar surface area (TPSA) is 201 Å². The summed E-state index contributed by atoms with van der Waals surface area (Å²) in [6.07, 6.45) is 0. The van der Waals surface area contributed by atoms with Gasteiger partial charge in [-0.2, -0.15) is 0 Å². The molecule has 2 heterocycles. The molecule has 1 aliphatic rings. The zero-order valence-corrected chi connectivity index (χ0v) is 20.6. The minimum Gasteiger partial charge on any atom is -0.480 e. The Morgan fingerprint density at radius 1 is 1.20 bits per heavy atom. The molecule has 0 atom stereocenters. The molecule has 2 aromatic rings. The largest absolute Gasteiger partial charge is 0.480 e. The van der Waals surface area contributed by atoms with Crippen LogP contribution in [0.25, 0.3) is 5.57 Å². The SMILES string of the molecule is CCOC(=O)/C(=C1/SC(=S)N(CC(=O)O)C1=O)c1csc(NC(=O)NCc2ccccc2)n1.O.O. The molecule has 0 saturated carbocycles. The van der Waals surface area contributed by atoms with Gasteiger partial charge >= 0.3 is 18.0 Å². The highest BCUT2D eigenvalue weighted by Gasteiger charge is 2.38. The highest BCUT2D eigenvalue weighted by Crippen LogP contribution is 2.38. The van der Waals surface area contributed by atoms with E-state index in [0.29, 0.717) is 6.54 Å². The van der Waals surface area contributed by atoms with Gasteiger partial charge in [-0.1, -0.05) is 54.3 Å². The second-order valence-corrected chi connectivity index (χ2v) is 8.91. The third-order valence-electron chi connectivity index (χ3n) is 4.13. The monoisotopic (exact) mass is 542 g/mol. The Bertz CT molecular complexity index is 1140. The summed E-state index contributed by atoms with van der Waals surface area (Å²) in [4.78, 5) is 53.7. The summed E-state index contributed by atoms with van der Waals surface area (Å²) in [5, 5.41) is 16.0. The number of thioether (sulfide) groups is 1. The third-order valence-corrected chi connectivity index (χ3v) is 6.33. The molecule has 1 fully saturated rings. The van der Waals surface area contributed by atoms with Crippen molar-refractivity contribution in [1.29, 1.82) is 0 Å². The molecule has 12 nitrogen and oxygen atoms in total. The smallest absolute Gasteiger partial charge is 0.341 e. The molecule has 0 radical (unpaired) electrons. The molecule has 188 valence electrons. The zero-order chi connectivity index (χ0) is 24.0. The van der Waals surface area contributed by atoms with E-state index in [9.17, 15) is 19.2 Å². The Balaban J connectivity index is 0.00000306. The van der Waals surface area contributed by atoms with Gasteiger partial charge in [0.1, 0.15) is 16.4 Å². The van der Waals surface area contributed by atoms with Crippen molar-refractivity contribution in [3.05, 3.63) is 51.9 Å². The Morgan fingerprint density at radius 2 is 1.89 bits per heavy atom. The predicted octanol–water partition coefficient (Wildman–Crippen LogP) is 1.03. The predicted molar refractivity (Wildman–Crippen MR) is 135 cm³/mol. The minimum absolute atomic E-state index is 0. The van der Waals surface area contributed by atoms with E-state index in [2.05, 4.69) is 15.6 Å². The molecule has 1 saturated heterocycles. The van der Waals surface area contributed by atoms with Crippen LogP contribution in [0.4, 0.5) is 9.93 Å². The highest BCUT2D eigenvalue weighted by atomic mass is 32.2. The number of carboxylic acid groups (broad SMARTS) is 1. The van der Waals surface area contributed by atoms with Crippen LogP contribution in [-0.2, 0) is 25.7 Å². The maximum Gasteiger partial charge on any atom is 0.341 e. The molecule has 35 heavy (non-hydrogen) atoms. The number of thiazole rings is 1. The fraction of sp³-hybridized carbons (Fsp3) is 0.200. The first-order valence-electron chi connectivity index (χ1n) is 9.51. The summed E-state index contributed by atoms with van der Waals surface area (Å²) in [7, 11) is 0. The Kier molecular flexibility index (Phi) is 11.4. The normalized spacial score (nSPS) is 13.9. The van der Waals surface area contributed by atoms with Crippen LogP contribution >= 0.6 is 35.3 Å². The molecular weight excluding hydrogens is 520 g/mol. The number of nitrogens with one attached hydrogen (secondary N) is 2. The van der Waals surface area contributed by atoms with Gasteiger partial charge in [-0.05, 0) is 12.5 Å². The van der Waals surface area contributed by atoms with Crippen molar-refractivity contribution in [2.45, 2.75) is 13.5 Å². The molecule has 0 unspecified atom stereocenters. The van der Waals surface area contributed by atoms with E-state index in [-0.39, 0.29) is 43.2 Å². The first kappa shape index (κ1) is 29.7. The lowest BCUT2D eigenvalue weighted by Gasteiger charge is -2.11. The number of carbonyl (C=O) groups is 4. The first-order chi connectivity index (χ1) is 15.8. The van der Waals surface area contributed by atoms with Gasteiger partial charge in [-0.25, -0.2) is 14.6 Å². The van der Waals surface area contributed by atoms with Crippen molar-refractivity contribution in [3.8, 4) is 0 Å². The molecule has 3 rings (SSSR count). The number of hydrogen-bond acceptors (Lipinski definition) is 9. The maximum atomic E-state index is 12.8. The Morgan fingerprint density at radius 3 is 2.51 bits per heavy atom. The molecule has 1 aliphatic heterocycles. The quantitative estimate of drug-likeness (QED) is 0.247. The number of esters is 1. The highest BCUT2D eigenvalue weighted by molar-refractivity contribution is 8.26. The van der Waals surface area contributed by atoms with E-state index in [1.807, 2.05) is 30.3 Å². The lowest BCUT2D eigenvalue weighted by Crippen LogP contribution is -2.33. The second kappa shape index (κ2) is 13.5. The van der Waals surface area contributed by atoms with Gasteiger partial charge in [0.15, 0.2) is 5.13 Å². The molecule has 0 spiro atoms. The first-order valence-corrected chi connectivity index (χ1v) is 11.6. The van der Waals surface area contributed by atoms with Crippen LogP contribution in [0.2, 0.25) is 0 Å². The molecule has 0 bridgehead atoms. The zero-order valence-electron chi connectivity index (χ0n) is 18.2. The van der Waals surface area contributed by atoms with E-state index in [1.165, 1.54) is 5.38 Å². The summed E-state index contributed by atoms with van der Waals surface area (Å²) in [6, 6.07) is 8.83. The third kappa shape index (κ3) is 7.56.